The van der Waals surface area contributed by atoms with Crippen molar-refractivity contribution in [2.75, 3.05) is 0 Å². The molecule has 0 spiro atoms. The number of carbonyl (C=O) groups is 2. The largest absolute Gasteiger partial charge is 0.480 e. The monoisotopic (exact) mass is 439 g/mol. The molecule has 2 rings (SSSR count). The van der Waals surface area contributed by atoms with Crippen LogP contribution in [0.5, 0.6) is 0 Å². The molecule has 2 N–H and O–H groups in total. The van der Waals surface area contributed by atoms with Crippen molar-refractivity contribution in [2.45, 2.75) is 19.4 Å². The Morgan fingerprint density at radius 2 is 1.74 bits per heavy atom. The minimum Gasteiger partial charge on any atom is -0.480 e. The zero-order valence-electron chi connectivity index (χ0n) is 12.3. The number of hydrogen-bond acceptors (Lipinski definition) is 2. The molecule has 0 bridgehead atoms. The van der Waals surface area contributed by atoms with Crippen molar-refractivity contribution in [2.24, 2.45) is 0 Å². The van der Waals surface area contributed by atoms with Crippen molar-refractivity contribution in [1.82, 2.24) is 5.32 Å². The minimum absolute atomic E-state index is 0.239. The van der Waals surface area contributed by atoms with Gasteiger partial charge >= 0.3 is 5.97 Å². The molecule has 2 aromatic carbocycles. The number of benzene rings is 2. The Labute approximate surface area is 151 Å². The number of halogens is 2. The van der Waals surface area contributed by atoms with Crippen LogP contribution in [0.1, 0.15) is 21.5 Å². The minimum atomic E-state index is -1.06. The number of carboxylic acid groups (broad SMARTS) is 1. The van der Waals surface area contributed by atoms with Crippen molar-refractivity contribution in [1.29, 1.82) is 0 Å². The van der Waals surface area contributed by atoms with Crippen LogP contribution in [0.2, 0.25) is 0 Å². The number of amides is 1. The lowest BCUT2D eigenvalue weighted by Crippen LogP contribution is -2.42. The average molecular weight is 441 g/mol. The first-order chi connectivity index (χ1) is 10.9. The second-order valence-electron chi connectivity index (χ2n) is 5.15. The van der Waals surface area contributed by atoms with Gasteiger partial charge in [-0.05, 0) is 36.2 Å². The summed E-state index contributed by atoms with van der Waals surface area (Å²) < 4.78 is 1.48. The molecule has 0 fully saturated rings. The van der Waals surface area contributed by atoms with E-state index in [1.54, 1.807) is 18.2 Å². The predicted octanol–water partition coefficient (Wildman–Crippen LogP) is 3.95. The molecule has 23 heavy (non-hydrogen) atoms. The number of carbonyl (C=O) groups excluding carboxylic acids is 1. The first-order valence-electron chi connectivity index (χ1n) is 6.91. The summed E-state index contributed by atoms with van der Waals surface area (Å²) in [5.74, 6) is -1.48. The third kappa shape index (κ3) is 4.91. The maximum absolute atomic E-state index is 12.3. The molecular formula is C17H15Br2NO3. The Morgan fingerprint density at radius 1 is 1.13 bits per heavy atom. The molecule has 0 radical (unpaired) electrons. The number of rotatable bonds is 5. The zero-order chi connectivity index (χ0) is 17.0. The normalized spacial score (nSPS) is 11.8. The molecule has 0 unspecified atom stereocenters. The lowest BCUT2D eigenvalue weighted by Gasteiger charge is -2.16. The van der Waals surface area contributed by atoms with Crippen LogP contribution in [-0.4, -0.2) is 23.0 Å². The maximum Gasteiger partial charge on any atom is 0.326 e. The smallest absolute Gasteiger partial charge is 0.326 e. The number of nitrogens with one attached hydrogen (secondary N) is 1. The number of aliphatic carboxylic acids is 1. The second-order valence-corrected chi connectivity index (χ2v) is 6.98. The van der Waals surface area contributed by atoms with Gasteiger partial charge in [-0.2, -0.15) is 0 Å². The molecule has 1 amide bonds. The maximum atomic E-state index is 12.3. The van der Waals surface area contributed by atoms with E-state index >= 15 is 0 Å². The van der Waals surface area contributed by atoms with Gasteiger partial charge in [0.1, 0.15) is 6.04 Å². The standard InChI is InChI=1S/C17H15Br2NO3/c1-10-4-2-3-5-11(10)8-15(17(22)23)20-16(21)12-6-13(18)9-14(19)7-12/h2-7,9,15H,8H2,1H3,(H,20,21)(H,22,23)/t15-/m0/s1. The molecular weight excluding hydrogens is 426 g/mol. The van der Waals surface area contributed by atoms with E-state index in [9.17, 15) is 14.7 Å². The number of carboxylic acids is 1. The molecule has 0 heterocycles. The van der Waals surface area contributed by atoms with Crippen molar-refractivity contribution in [3.63, 3.8) is 0 Å². The van der Waals surface area contributed by atoms with Gasteiger partial charge in [-0.1, -0.05) is 56.1 Å². The SMILES string of the molecule is Cc1ccccc1C[C@H](NC(=O)c1cc(Br)cc(Br)c1)C(=O)O. The third-order valence-corrected chi connectivity index (χ3v) is 4.33. The van der Waals surface area contributed by atoms with Crippen LogP contribution in [0.25, 0.3) is 0 Å². The van der Waals surface area contributed by atoms with Crippen LogP contribution in [0.3, 0.4) is 0 Å². The van der Waals surface area contributed by atoms with Gasteiger partial charge in [-0.15, -0.1) is 0 Å². The van der Waals surface area contributed by atoms with E-state index < -0.39 is 17.9 Å². The molecule has 0 saturated carbocycles. The molecule has 2 aromatic rings. The van der Waals surface area contributed by atoms with Gasteiger partial charge in [-0.3, -0.25) is 4.79 Å². The summed E-state index contributed by atoms with van der Waals surface area (Å²) in [4.78, 5) is 23.8. The van der Waals surface area contributed by atoms with Gasteiger partial charge in [0.25, 0.3) is 5.91 Å². The lowest BCUT2D eigenvalue weighted by molar-refractivity contribution is -0.139. The highest BCUT2D eigenvalue weighted by Gasteiger charge is 2.22. The molecule has 0 aliphatic heterocycles. The molecule has 0 aliphatic carbocycles. The molecule has 0 aliphatic rings. The van der Waals surface area contributed by atoms with E-state index in [1.165, 1.54) is 0 Å². The summed E-state index contributed by atoms with van der Waals surface area (Å²) >= 11 is 6.63. The van der Waals surface area contributed by atoms with E-state index in [-0.39, 0.29) is 6.42 Å². The highest BCUT2D eigenvalue weighted by molar-refractivity contribution is 9.11. The molecule has 0 saturated heterocycles. The topological polar surface area (TPSA) is 66.4 Å². The molecule has 120 valence electrons. The fourth-order valence-electron chi connectivity index (χ4n) is 2.19. The first-order valence-corrected chi connectivity index (χ1v) is 8.49. The van der Waals surface area contributed by atoms with Gasteiger partial charge in [0.15, 0.2) is 0 Å². The van der Waals surface area contributed by atoms with Gasteiger partial charge in [0.2, 0.25) is 0 Å². The van der Waals surface area contributed by atoms with Crippen molar-refractivity contribution >= 4 is 43.7 Å². The second kappa shape index (κ2) is 7.75. The predicted molar refractivity (Wildman–Crippen MR) is 95.6 cm³/mol. The van der Waals surface area contributed by atoms with E-state index in [2.05, 4.69) is 37.2 Å². The molecule has 0 aromatic heterocycles. The van der Waals surface area contributed by atoms with Crippen LogP contribution in [-0.2, 0) is 11.2 Å². The Morgan fingerprint density at radius 3 is 2.30 bits per heavy atom. The summed E-state index contributed by atoms with van der Waals surface area (Å²) in [7, 11) is 0. The average Bonchev–Trinajstić information content (AvgIpc) is 2.47. The van der Waals surface area contributed by atoms with Crippen LogP contribution < -0.4 is 5.32 Å². The van der Waals surface area contributed by atoms with Crippen molar-refractivity contribution in [3.05, 3.63) is 68.1 Å². The summed E-state index contributed by atoms with van der Waals surface area (Å²) in [5, 5.41) is 12.0. The summed E-state index contributed by atoms with van der Waals surface area (Å²) in [5.41, 5.74) is 2.29. The fourth-order valence-corrected chi connectivity index (χ4v) is 3.48. The zero-order valence-corrected chi connectivity index (χ0v) is 15.5. The fraction of sp³-hybridized carbons (Fsp3) is 0.176. The van der Waals surface area contributed by atoms with Gasteiger partial charge < -0.3 is 10.4 Å². The summed E-state index contributed by atoms with van der Waals surface area (Å²) in [6.07, 6.45) is 0.239. The van der Waals surface area contributed by atoms with Crippen molar-refractivity contribution in [3.8, 4) is 0 Å². The van der Waals surface area contributed by atoms with E-state index in [1.807, 2.05) is 31.2 Å². The highest BCUT2D eigenvalue weighted by atomic mass is 79.9. The first kappa shape index (κ1) is 17.7. The summed E-state index contributed by atoms with van der Waals surface area (Å²) in [6, 6.07) is 11.6. The van der Waals surface area contributed by atoms with E-state index in [0.29, 0.717) is 5.56 Å². The van der Waals surface area contributed by atoms with Crippen LogP contribution >= 0.6 is 31.9 Å². The van der Waals surface area contributed by atoms with Gasteiger partial charge in [-0.25, -0.2) is 4.79 Å². The Hall–Kier alpha value is -1.66. The van der Waals surface area contributed by atoms with Gasteiger partial charge in [0, 0.05) is 20.9 Å². The molecule has 4 nitrogen and oxygen atoms in total. The number of aryl methyl sites for hydroxylation is 1. The van der Waals surface area contributed by atoms with Crippen LogP contribution in [0.15, 0.2) is 51.4 Å². The molecule has 6 heteroatoms. The summed E-state index contributed by atoms with van der Waals surface area (Å²) in [6.45, 7) is 1.92. The van der Waals surface area contributed by atoms with Gasteiger partial charge in [0.05, 0.1) is 0 Å². The highest BCUT2D eigenvalue weighted by Crippen LogP contribution is 2.20. The molecule has 1 atom stereocenters. The third-order valence-electron chi connectivity index (χ3n) is 3.41. The number of hydrogen-bond donors (Lipinski definition) is 2. The van der Waals surface area contributed by atoms with E-state index in [0.717, 1.165) is 20.1 Å². The van der Waals surface area contributed by atoms with E-state index in [4.69, 9.17) is 0 Å². The van der Waals surface area contributed by atoms with Crippen molar-refractivity contribution < 1.29 is 14.7 Å². The Balaban J connectivity index is 2.18. The Kier molecular flexibility index (Phi) is 5.96. The van der Waals surface area contributed by atoms with Crippen LogP contribution in [0.4, 0.5) is 0 Å². The quantitative estimate of drug-likeness (QED) is 0.739. The lowest BCUT2D eigenvalue weighted by atomic mass is 10.0. The Bertz CT molecular complexity index is 726. The van der Waals surface area contributed by atoms with Crippen LogP contribution in [0, 0.1) is 6.92 Å².